The van der Waals surface area contributed by atoms with Crippen LogP contribution in [0, 0.1) is 0 Å². The minimum absolute atomic E-state index is 0.0937. The van der Waals surface area contributed by atoms with Gasteiger partial charge >= 0.3 is 5.97 Å². The molecule has 0 bridgehead atoms. The highest BCUT2D eigenvalue weighted by atomic mass is 16.5. The predicted octanol–water partition coefficient (Wildman–Crippen LogP) is 1.22. The van der Waals surface area contributed by atoms with Gasteiger partial charge in [0.05, 0.1) is 14.2 Å². The van der Waals surface area contributed by atoms with Crippen LogP contribution in [0.5, 0.6) is 11.5 Å². The van der Waals surface area contributed by atoms with Crippen molar-refractivity contribution in [3.05, 3.63) is 23.3 Å². The average molecular weight is 251 g/mol. The van der Waals surface area contributed by atoms with Crippen LogP contribution in [0.25, 0.3) is 0 Å². The number of carbonyl (C=O) groups excluding carboxylic acids is 1. The quantitative estimate of drug-likeness (QED) is 0.786. The van der Waals surface area contributed by atoms with E-state index >= 15 is 0 Å². The van der Waals surface area contributed by atoms with Gasteiger partial charge in [0, 0.05) is 11.6 Å². The predicted molar refractivity (Wildman–Crippen MR) is 65.9 cm³/mol. The molecule has 0 aromatic heterocycles. The first-order valence-corrected chi connectivity index (χ1v) is 5.76. The van der Waals surface area contributed by atoms with Gasteiger partial charge in [-0.1, -0.05) is 0 Å². The fraction of sp³-hybridized carbons (Fsp3) is 0.462. The topological polar surface area (TPSA) is 81.8 Å². The summed E-state index contributed by atoms with van der Waals surface area (Å²) < 4.78 is 9.75. The molecule has 1 saturated carbocycles. The number of ether oxygens (including phenoxy) is 2. The summed E-state index contributed by atoms with van der Waals surface area (Å²) in [6.07, 6.45) is 2.42. The van der Waals surface area contributed by atoms with Gasteiger partial charge in [0.25, 0.3) is 0 Å². The summed E-state index contributed by atoms with van der Waals surface area (Å²) in [6, 6.07) is 3.01. The fourth-order valence-electron chi connectivity index (χ4n) is 1.91. The Bertz CT molecular complexity index is 480. The number of nitrogens with two attached hydrogens (primary N) is 1. The summed E-state index contributed by atoms with van der Waals surface area (Å²) in [6.45, 7) is 0. The van der Waals surface area contributed by atoms with E-state index in [9.17, 15) is 9.90 Å². The first-order chi connectivity index (χ1) is 8.49. The van der Waals surface area contributed by atoms with Crippen LogP contribution >= 0.6 is 0 Å². The molecule has 1 aliphatic rings. The molecule has 0 spiro atoms. The highest BCUT2D eigenvalue weighted by molar-refractivity contribution is 5.93. The molecule has 0 heterocycles. The molecule has 1 aromatic carbocycles. The summed E-state index contributed by atoms with van der Waals surface area (Å²) in [5, 5.41) is 9.90. The zero-order chi connectivity index (χ0) is 13.3. The largest absolute Gasteiger partial charge is 0.508 e. The lowest BCUT2D eigenvalue weighted by atomic mass is 10.0. The highest BCUT2D eigenvalue weighted by Gasteiger charge is 2.39. The van der Waals surface area contributed by atoms with E-state index in [0.717, 1.165) is 12.8 Å². The lowest BCUT2D eigenvalue weighted by Crippen LogP contribution is -2.24. The molecule has 1 fully saturated rings. The van der Waals surface area contributed by atoms with Crippen LogP contribution in [-0.4, -0.2) is 30.8 Å². The van der Waals surface area contributed by atoms with Crippen LogP contribution in [0.1, 0.15) is 28.8 Å². The molecular weight excluding hydrogens is 234 g/mol. The van der Waals surface area contributed by atoms with E-state index in [1.807, 2.05) is 0 Å². The molecule has 5 heteroatoms. The van der Waals surface area contributed by atoms with Gasteiger partial charge < -0.3 is 20.3 Å². The molecule has 1 aromatic rings. The van der Waals surface area contributed by atoms with Crippen LogP contribution in [0.15, 0.2) is 12.1 Å². The second-order valence-electron chi connectivity index (χ2n) is 4.71. The Morgan fingerprint density at radius 3 is 2.61 bits per heavy atom. The number of aromatic hydroxyl groups is 1. The van der Waals surface area contributed by atoms with Gasteiger partial charge in [0.2, 0.25) is 0 Å². The highest BCUT2D eigenvalue weighted by Crippen LogP contribution is 2.39. The number of phenols is 1. The molecule has 0 amide bonds. The molecule has 3 N–H and O–H groups in total. The van der Waals surface area contributed by atoms with Gasteiger partial charge in [-0.05, 0) is 30.9 Å². The van der Waals surface area contributed by atoms with Crippen molar-refractivity contribution in [1.82, 2.24) is 0 Å². The molecule has 0 unspecified atom stereocenters. The van der Waals surface area contributed by atoms with E-state index < -0.39 is 5.97 Å². The van der Waals surface area contributed by atoms with Crippen molar-refractivity contribution in [3.8, 4) is 11.5 Å². The molecule has 0 atom stereocenters. The van der Waals surface area contributed by atoms with Gasteiger partial charge in [-0.2, -0.15) is 0 Å². The Balaban J connectivity index is 2.38. The molecule has 0 saturated heterocycles. The Morgan fingerprint density at radius 2 is 2.11 bits per heavy atom. The van der Waals surface area contributed by atoms with Crippen LogP contribution in [0.3, 0.4) is 0 Å². The lowest BCUT2D eigenvalue weighted by molar-refractivity contribution is 0.0597. The lowest BCUT2D eigenvalue weighted by Gasteiger charge is -2.14. The third-order valence-corrected chi connectivity index (χ3v) is 3.24. The standard InChI is InChI=1S/C13H17NO4/c1-17-11-6-10(15)8(7-13(14)3-4-13)5-9(11)12(16)18-2/h5-6,15H,3-4,7,14H2,1-2H3. The minimum Gasteiger partial charge on any atom is -0.508 e. The maximum absolute atomic E-state index is 11.6. The third kappa shape index (κ3) is 2.41. The van der Waals surface area contributed by atoms with Crippen molar-refractivity contribution in [3.63, 3.8) is 0 Å². The summed E-state index contributed by atoms with van der Waals surface area (Å²) in [5.41, 5.74) is 6.73. The second kappa shape index (κ2) is 4.49. The van der Waals surface area contributed by atoms with Crippen LogP contribution in [0.2, 0.25) is 0 Å². The minimum atomic E-state index is -0.491. The zero-order valence-corrected chi connectivity index (χ0v) is 10.5. The molecular formula is C13H17NO4. The number of methoxy groups -OCH3 is 2. The molecule has 2 rings (SSSR count). The van der Waals surface area contributed by atoms with Crippen molar-refractivity contribution in [1.29, 1.82) is 0 Å². The maximum Gasteiger partial charge on any atom is 0.341 e. The summed E-state index contributed by atoms with van der Waals surface area (Å²) in [7, 11) is 2.74. The molecule has 18 heavy (non-hydrogen) atoms. The molecule has 5 nitrogen and oxygen atoms in total. The first kappa shape index (κ1) is 12.7. The van der Waals surface area contributed by atoms with Gasteiger partial charge in [0.15, 0.2) is 0 Å². The van der Waals surface area contributed by atoms with E-state index in [4.69, 9.17) is 10.5 Å². The van der Waals surface area contributed by atoms with Crippen molar-refractivity contribution < 1.29 is 19.4 Å². The molecule has 1 aliphatic carbocycles. The summed E-state index contributed by atoms with van der Waals surface area (Å²) in [4.78, 5) is 11.6. The Hall–Kier alpha value is -1.75. The van der Waals surface area contributed by atoms with Crippen LogP contribution in [-0.2, 0) is 11.2 Å². The van der Waals surface area contributed by atoms with Crippen LogP contribution in [0.4, 0.5) is 0 Å². The van der Waals surface area contributed by atoms with Crippen molar-refractivity contribution in [2.24, 2.45) is 5.73 Å². The normalized spacial score (nSPS) is 16.2. The van der Waals surface area contributed by atoms with E-state index in [0.29, 0.717) is 23.3 Å². The van der Waals surface area contributed by atoms with E-state index in [-0.39, 0.29) is 11.3 Å². The van der Waals surface area contributed by atoms with E-state index in [1.165, 1.54) is 20.3 Å². The average Bonchev–Trinajstić information content (AvgIpc) is 3.08. The molecule has 0 aliphatic heterocycles. The number of hydrogen-bond donors (Lipinski definition) is 2. The summed E-state index contributed by atoms with van der Waals surface area (Å²) in [5.74, 6) is -0.101. The van der Waals surface area contributed by atoms with E-state index in [1.54, 1.807) is 6.07 Å². The number of rotatable bonds is 4. The van der Waals surface area contributed by atoms with Gasteiger partial charge in [-0.3, -0.25) is 0 Å². The third-order valence-electron chi connectivity index (χ3n) is 3.24. The van der Waals surface area contributed by atoms with Gasteiger partial charge in [-0.15, -0.1) is 0 Å². The number of hydrogen-bond acceptors (Lipinski definition) is 5. The fourth-order valence-corrected chi connectivity index (χ4v) is 1.91. The van der Waals surface area contributed by atoms with Crippen molar-refractivity contribution in [2.75, 3.05) is 14.2 Å². The maximum atomic E-state index is 11.6. The second-order valence-corrected chi connectivity index (χ2v) is 4.71. The number of phenolic OH excluding ortho intramolecular Hbond substituents is 1. The molecule has 0 radical (unpaired) electrons. The number of benzene rings is 1. The summed E-state index contributed by atoms with van der Waals surface area (Å²) >= 11 is 0. The van der Waals surface area contributed by atoms with E-state index in [2.05, 4.69) is 4.74 Å². The van der Waals surface area contributed by atoms with Gasteiger partial charge in [-0.25, -0.2) is 4.79 Å². The van der Waals surface area contributed by atoms with Crippen LogP contribution < -0.4 is 10.5 Å². The molecule has 98 valence electrons. The Labute approximate surface area is 106 Å². The SMILES string of the molecule is COC(=O)c1cc(CC2(N)CC2)c(O)cc1OC. The number of esters is 1. The monoisotopic (exact) mass is 251 g/mol. The van der Waals surface area contributed by atoms with Crippen molar-refractivity contribution in [2.45, 2.75) is 24.8 Å². The smallest absolute Gasteiger partial charge is 0.341 e. The Morgan fingerprint density at radius 1 is 1.44 bits per heavy atom. The van der Waals surface area contributed by atoms with Crippen molar-refractivity contribution >= 4 is 5.97 Å². The zero-order valence-electron chi connectivity index (χ0n) is 10.5. The Kier molecular flexibility index (Phi) is 3.17. The number of carbonyl (C=O) groups is 1. The first-order valence-electron chi connectivity index (χ1n) is 5.76. The van der Waals surface area contributed by atoms with Gasteiger partial charge in [0.1, 0.15) is 17.1 Å².